The summed E-state index contributed by atoms with van der Waals surface area (Å²) in [5, 5.41) is 19.7. The normalized spacial score (nSPS) is 11.2. The van der Waals surface area contributed by atoms with Crippen LogP contribution >= 0.6 is 58.0 Å². The molecule has 0 saturated carbocycles. The third kappa shape index (κ3) is 7.17. The Balaban J connectivity index is 1.45. The van der Waals surface area contributed by atoms with Gasteiger partial charge < -0.3 is 9.47 Å². The lowest BCUT2D eigenvalue weighted by Gasteiger charge is -2.15. The van der Waals surface area contributed by atoms with Crippen LogP contribution < -0.4 is 14.9 Å². The molecule has 0 aliphatic carbocycles. The highest BCUT2D eigenvalue weighted by molar-refractivity contribution is 6.55. The van der Waals surface area contributed by atoms with Gasteiger partial charge in [0.2, 0.25) is 0 Å². The summed E-state index contributed by atoms with van der Waals surface area (Å²) < 4.78 is 12.8. The summed E-state index contributed by atoms with van der Waals surface area (Å²) in [5.41, 5.74) is 5.55. The first-order valence-corrected chi connectivity index (χ1v) is 14.2. The number of carbonyl (C=O) groups is 1. The Morgan fingerprint density at radius 2 is 1.72 bits per heavy atom. The monoisotopic (exact) mass is 683 g/mol. The number of hydrogen-bond donors (Lipinski definition) is 1. The highest BCUT2D eigenvalue weighted by Crippen LogP contribution is 2.48. The lowest BCUT2D eigenvalue weighted by molar-refractivity contribution is -0.386. The summed E-state index contributed by atoms with van der Waals surface area (Å²) in [5.74, 6) is 0.133. The van der Waals surface area contributed by atoms with Crippen molar-refractivity contribution in [2.45, 2.75) is 27.0 Å². The number of nitrogens with one attached hydrogen (secondary N) is 1. The number of nitrogens with zero attached hydrogens (tertiary/aromatic N) is 4. The molecule has 0 fully saturated rings. The van der Waals surface area contributed by atoms with Crippen molar-refractivity contribution in [3.05, 3.63) is 111 Å². The van der Waals surface area contributed by atoms with E-state index in [9.17, 15) is 14.9 Å². The zero-order chi connectivity index (χ0) is 31.4. The van der Waals surface area contributed by atoms with Crippen LogP contribution in [0.25, 0.3) is 0 Å². The fourth-order valence-electron chi connectivity index (χ4n) is 4.17. The number of hydrazone groups is 1. The molecule has 0 aliphatic heterocycles. The molecule has 1 aromatic heterocycles. The molecular formula is C28H22Cl5N5O5. The molecule has 0 aliphatic rings. The Morgan fingerprint density at radius 3 is 2.35 bits per heavy atom. The average Bonchev–Trinajstić information content (AvgIpc) is 3.27. The first kappa shape index (κ1) is 32.4. The second-order valence-electron chi connectivity index (χ2n) is 9.09. The molecule has 4 rings (SSSR count). The van der Waals surface area contributed by atoms with Crippen LogP contribution in [0.3, 0.4) is 0 Å². The van der Waals surface area contributed by atoms with Crippen molar-refractivity contribution < 1.29 is 19.2 Å². The maximum absolute atomic E-state index is 12.8. The van der Waals surface area contributed by atoms with E-state index in [0.29, 0.717) is 33.8 Å². The second-order valence-corrected chi connectivity index (χ2v) is 11.0. The van der Waals surface area contributed by atoms with Gasteiger partial charge in [-0.3, -0.25) is 19.6 Å². The molecule has 0 spiro atoms. The molecule has 1 amide bonds. The Labute approximate surface area is 271 Å². The first-order chi connectivity index (χ1) is 20.4. The van der Waals surface area contributed by atoms with Gasteiger partial charge in [-0.15, -0.1) is 0 Å². The van der Waals surface area contributed by atoms with E-state index in [-0.39, 0.29) is 49.7 Å². The Bertz CT molecular complexity index is 1730. The van der Waals surface area contributed by atoms with Crippen LogP contribution in [0.5, 0.6) is 11.5 Å². The number of rotatable bonds is 10. The van der Waals surface area contributed by atoms with Gasteiger partial charge in [-0.25, -0.2) is 5.43 Å². The minimum absolute atomic E-state index is 0.0115. The van der Waals surface area contributed by atoms with Gasteiger partial charge in [0.1, 0.15) is 33.8 Å². The maximum Gasteiger partial charge on any atom is 0.312 e. The maximum atomic E-state index is 12.8. The van der Waals surface area contributed by atoms with Gasteiger partial charge in [0.25, 0.3) is 5.91 Å². The zero-order valence-electron chi connectivity index (χ0n) is 22.8. The van der Waals surface area contributed by atoms with Crippen molar-refractivity contribution in [1.29, 1.82) is 0 Å². The van der Waals surface area contributed by atoms with E-state index in [1.54, 1.807) is 56.3 Å². The Hall–Kier alpha value is -3.54. The number of halogens is 5. The molecule has 0 unspecified atom stereocenters. The van der Waals surface area contributed by atoms with Gasteiger partial charge in [0.15, 0.2) is 5.75 Å². The smallest absolute Gasteiger partial charge is 0.312 e. The van der Waals surface area contributed by atoms with Crippen LogP contribution in [-0.4, -0.2) is 33.9 Å². The quantitative estimate of drug-likeness (QED) is 0.0593. The van der Waals surface area contributed by atoms with Crippen LogP contribution in [-0.2, 0) is 13.2 Å². The molecule has 1 heterocycles. The second kappa shape index (κ2) is 13.8. The summed E-state index contributed by atoms with van der Waals surface area (Å²) in [6, 6.07) is 12.0. The van der Waals surface area contributed by atoms with E-state index >= 15 is 0 Å². The summed E-state index contributed by atoms with van der Waals surface area (Å²) >= 11 is 30.8. The zero-order valence-corrected chi connectivity index (χ0v) is 26.5. The highest BCUT2D eigenvalue weighted by Gasteiger charge is 2.22. The molecule has 15 heteroatoms. The van der Waals surface area contributed by atoms with Crippen LogP contribution in [0.15, 0.2) is 47.6 Å². The predicted molar refractivity (Wildman–Crippen MR) is 168 cm³/mol. The molecule has 224 valence electrons. The van der Waals surface area contributed by atoms with E-state index in [4.69, 9.17) is 67.5 Å². The Kier molecular flexibility index (Phi) is 10.4. The number of benzene rings is 3. The third-order valence-electron chi connectivity index (χ3n) is 6.27. The fraction of sp³-hybridized carbons (Fsp3) is 0.179. The minimum atomic E-state index is -0.453. The largest absolute Gasteiger partial charge is 0.496 e. The van der Waals surface area contributed by atoms with Gasteiger partial charge in [-0.1, -0.05) is 70.1 Å². The van der Waals surface area contributed by atoms with E-state index in [2.05, 4.69) is 15.6 Å². The molecule has 3 aromatic carbocycles. The van der Waals surface area contributed by atoms with E-state index in [1.807, 2.05) is 0 Å². The summed E-state index contributed by atoms with van der Waals surface area (Å²) in [6.07, 6.45) is 1.45. The van der Waals surface area contributed by atoms with Gasteiger partial charge in [0, 0.05) is 11.1 Å². The standard InChI is InChI=1S/C28H22Cl5N5O5/c1-14-26(38(40)41)15(2)37(36-14)12-17-5-4-6-18(10-17)28(39)35-34-11-16-7-8-20(42-3)19(9-16)13-43-27-24(32)22(30)21(29)23(31)25(27)33/h4-11H,12-13H2,1-3H3,(H,35,39). The van der Waals surface area contributed by atoms with Crippen LogP contribution in [0.2, 0.25) is 25.1 Å². The van der Waals surface area contributed by atoms with Gasteiger partial charge in [-0.05, 0) is 55.3 Å². The molecule has 0 saturated heterocycles. The van der Waals surface area contributed by atoms with Crippen molar-refractivity contribution >= 4 is 75.8 Å². The number of methoxy groups -OCH3 is 1. The van der Waals surface area contributed by atoms with E-state index in [1.165, 1.54) is 18.0 Å². The summed E-state index contributed by atoms with van der Waals surface area (Å²) in [7, 11) is 1.51. The molecule has 10 nitrogen and oxygen atoms in total. The lowest BCUT2D eigenvalue weighted by atomic mass is 10.1. The molecule has 43 heavy (non-hydrogen) atoms. The molecule has 0 atom stereocenters. The minimum Gasteiger partial charge on any atom is -0.496 e. The third-order valence-corrected chi connectivity index (χ3v) is 8.52. The number of carbonyl (C=O) groups excluding carboxylic acids is 1. The number of nitro groups is 1. The van der Waals surface area contributed by atoms with Gasteiger partial charge in [0.05, 0.1) is 39.9 Å². The van der Waals surface area contributed by atoms with Crippen LogP contribution in [0.4, 0.5) is 5.69 Å². The van der Waals surface area contributed by atoms with Gasteiger partial charge >= 0.3 is 5.69 Å². The van der Waals surface area contributed by atoms with Crippen LogP contribution in [0, 0.1) is 24.0 Å². The summed E-state index contributed by atoms with van der Waals surface area (Å²) in [4.78, 5) is 23.6. The van der Waals surface area contributed by atoms with Crippen molar-refractivity contribution in [1.82, 2.24) is 15.2 Å². The number of hydrogen-bond acceptors (Lipinski definition) is 7. The van der Waals surface area contributed by atoms with Crippen molar-refractivity contribution in [2.75, 3.05) is 7.11 Å². The van der Waals surface area contributed by atoms with Crippen molar-refractivity contribution in [3.8, 4) is 11.5 Å². The first-order valence-electron chi connectivity index (χ1n) is 12.3. The molecule has 0 bridgehead atoms. The highest BCUT2D eigenvalue weighted by atomic mass is 35.5. The number of ether oxygens (including phenoxy) is 2. The lowest BCUT2D eigenvalue weighted by Crippen LogP contribution is -2.18. The number of aryl methyl sites for hydroxylation is 1. The van der Waals surface area contributed by atoms with Crippen molar-refractivity contribution in [3.63, 3.8) is 0 Å². The Morgan fingerprint density at radius 1 is 1.05 bits per heavy atom. The number of aromatic nitrogens is 2. The van der Waals surface area contributed by atoms with Crippen molar-refractivity contribution in [2.24, 2.45) is 5.10 Å². The number of amides is 1. The van der Waals surface area contributed by atoms with E-state index in [0.717, 1.165) is 5.56 Å². The van der Waals surface area contributed by atoms with Gasteiger partial charge in [-0.2, -0.15) is 10.2 Å². The fourth-order valence-corrected chi connectivity index (χ4v) is 5.40. The average molecular weight is 686 g/mol. The topological polar surface area (TPSA) is 121 Å². The SMILES string of the molecule is COc1ccc(C=NNC(=O)c2cccc(Cn3nc(C)c([N+](=O)[O-])c3C)c2)cc1COc1c(Cl)c(Cl)c(Cl)c(Cl)c1Cl. The van der Waals surface area contributed by atoms with Crippen LogP contribution in [0.1, 0.15) is 38.4 Å². The predicted octanol–water partition coefficient (Wildman–Crippen LogP) is 8.07. The molecule has 4 aromatic rings. The molecule has 0 radical (unpaired) electrons. The summed E-state index contributed by atoms with van der Waals surface area (Å²) in [6.45, 7) is 3.45. The van der Waals surface area contributed by atoms with E-state index < -0.39 is 10.8 Å². The molecular weight excluding hydrogens is 664 g/mol. The molecule has 1 N–H and O–H groups in total.